The van der Waals surface area contributed by atoms with Gasteiger partial charge in [0.2, 0.25) is 0 Å². The predicted octanol–water partition coefficient (Wildman–Crippen LogP) is 3.60. The monoisotopic (exact) mass is 214 g/mol. The SMILES string of the molecule is O=CCC=Cc1ccc(Cl)cc1Cl. The van der Waals surface area contributed by atoms with Gasteiger partial charge in [0.05, 0.1) is 0 Å². The van der Waals surface area contributed by atoms with Crippen molar-refractivity contribution in [3.8, 4) is 0 Å². The van der Waals surface area contributed by atoms with Crippen LogP contribution in [0.2, 0.25) is 10.0 Å². The van der Waals surface area contributed by atoms with Crippen LogP contribution in [0.3, 0.4) is 0 Å². The molecule has 0 radical (unpaired) electrons. The third-order valence-electron chi connectivity index (χ3n) is 1.49. The summed E-state index contributed by atoms with van der Waals surface area (Å²) in [4.78, 5) is 10.0. The predicted molar refractivity (Wildman–Crippen MR) is 56.2 cm³/mol. The molecule has 0 aliphatic carbocycles. The van der Waals surface area contributed by atoms with E-state index in [2.05, 4.69) is 0 Å². The maximum absolute atomic E-state index is 10.0. The molecule has 68 valence electrons. The molecule has 0 aliphatic rings. The van der Waals surface area contributed by atoms with Gasteiger partial charge in [-0.25, -0.2) is 0 Å². The zero-order chi connectivity index (χ0) is 9.68. The molecule has 0 saturated carbocycles. The van der Waals surface area contributed by atoms with Crippen molar-refractivity contribution in [2.24, 2.45) is 0 Å². The highest BCUT2D eigenvalue weighted by Gasteiger charge is 1.96. The van der Waals surface area contributed by atoms with Crippen LogP contribution in [0.15, 0.2) is 24.3 Å². The van der Waals surface area contributed by atoms with E-state index >= 15 is 0 Å². The first-order valence-corrected chi connectivity index (χ1v) is 4.55. The van der Waals surface area contributed by atoms with Gasteiger partial charge in [-0.1, -0.05) is 41.4 Å². The summed E-state index contributed by atoms with van der Waals surface area (Å²) in [7, 11) is 0. The number of allylic oxidation sites excluding steroid dienone is 1. The molecule has 0 unspecified atom stereocenters. The van der Waals surface area contributed by atoms with Crippen molar-refractivity contribution in [3.63, 3.8) is 0 Å². The Morgan fingerprint density at radius 2 is 2.08 bits per heavy atom. The molecule has 1 rings (SSSR count). The summed E-state index contributed by atoms with van der Waals surface area (Å²) in [5, 5.41) is 1.20. The first kappa shape index (κ1) is 10.3. The van der Waals surface area contributed by atoms with E-state index in [0.717, 1.165) is 11.8 Å². The molecule has 0 bridgehead atoms. The Labute approximate surface area is 87.0 Å². The summed E-state index contributed by atoms with van der Waals surface area (Å²) in [6.07, 6.45) is 4.79. The van der Waals surface area contributed by atoms with Crippen molar-refractivity contribution in [3.05, 3.63) is 39.9 Å². The molecule has 1 nitrogen and oxygen atoms in total. The summed E-state index contributed by atoms with van der Waals surface area (Å²) in [6.45, 7) is 0. The maximum Gasteiger partial charge on any atom is 0.123 e. The number of hydrogen-bond donors (Lipinski definition) is 0. The standard InChI is InChI=1S/C10H8Cl2O/c11-9-5-4-8(10(12)7-9)3-1-2-6-13/h1,3-7H,2H2. The van der Waals surface area contributed by atoms with Gasteiger partial charge < -0.3 is 4.79 Å². The number of carbonyl (C=O) groups excluding carboxylic acids is 1. The number of benzene rings is 1. The molecule has 0 aromatic heterocycles. The average Bonchev–Trinajstić information content (AvgIpc) is 2.09. The lowest BCUT2D eigenvalue weighted by atomic mass is 10.2. The van der Waals surface area contributed by atoms with Gasteiger partial charge in [0, 0.05) is 16.5 Å². The van der Waals surface area contributed by atoms with E-state index in [1.165, 1.54) is 0 Å². The second-order valence-electron chi connectivity index (χ2n) is 2.47. The van der Waals surface area contributed by atoms with E-state index in [-0.39, 0.29) is 0 Å². The molecule has 1 aromatic carbocycles. The highest BCUT2D eigenvalue weighted by Crippen LogP contribution is 2.21. The minimum Gasteiger partial charge on any atom is -0.303 e. The van der Waals surface area contributed by atoms with Crippen LogP contribution in [0.1, 0.15) is 12.0 Å². The van der Waals surface area contributed by atoms with Crippen molar-refractivity contribution in [1.29, 1.82) is 0 Å². The zero-order valence-corrected chi connectivity index (χ0v) is 8.35. The third kappa shape index (κ3) is 3.21. The van der Waals surface area contributed by atoms with Gasteiger partial charge in [0.1, 0.15) is 6.29 Å². The normalized spacial score (nSPS) is 10.6. The van der Waals surface area contributed by atoms with E-state index < -0.39 is 0 Å². The largest absolute Gasteiger partial charge is 0.303 e. The number of carbonyl (C=O) groups is 1. The first-order valence-electron chi connectivity index (χ1n) is 3.79. The molecule has 0 amide bonds. The minimum absolute atomic E-state index is 0.402. The molecule has 0 N–H and O–H groups in total. The average molecular weight is 215 g/mol. The Kier molecular flexibility index (Phi) is 4.00. The van der Waals surface area contributed by atoms with E-state index in [0.29, 0.717) is 16.5 Å². The lowest BCUT2D eigenvalue weighted by Gasteiger charge is -1.97. The number of aldehydes is 1. The summed E-state index contributed by atoms with van der Waals surface area (Å²) in [6, 6.07) is 5.24. The maximum atomic E-state index is 10.0. The smallest absolute Gasteiger partial charge is 0.123 e. The van der Waals surface area contributed by atoms with Gasteiger partial charge in [-0.3, -0.25) is 0 Å². The first-order chi connectivity index (χ1) is 6.24. The molecule has 13 heavy (non-hydrogen) atoms. The molecule has 0 saturated heterocycles. The summed E-state index contributed by atoms with van der Waals surface area (Å²) in [5.41, 5.74) is 0.868. The summed E-state index contributed by atoms with van der Waals surface area (Å²) in [5.74, 6) is 0. The van der Waals surface area contributed by atoms with E-state index in [1.54, 1.807) is 24.3 Å². The van der Waals surface area contributed by atoms with Crippen LogP contribution in [0, 0.1) is 0 Å². The Morgan fingerprint density at radius 1 is 1.31 bits per heavy atom. The summed E-state index contributed by atoms with van der Waals surface area (Å²) >= 11 is 11.6. The van der Waals surface area contributed by atoms with Crippen LogP contribution in [-0.2, 0) is 4.79 Å². The van der Waals surface area contributed by atoms with Crippen LogP contribution >= 0.6 is 23.2 Å². The fraction of sp³-hybridized carbons (Fsp3) is 0.100. The van der Waals surface area contributed by atoms with Gasteiger partial charge in [-0.05, 0) is 17.7 Å². The number of hydrogen-bond acceptors (Lipinski definition) is 1. The molecule has 0 fully saturated rings. The van der Waals surface area contributed by atoms with Gasteiger partial charge >= 0.3 is 0 Å². The van der Waals surface area contributed by atoms with Crippen molar-refractivity contribution in [2.45, 2.75) is 6.42 Å². The second kappa shape index (κ2) is 5.05. The van der Waals surface area contributed by atoms with Crippen molar-refractivity contribution >= 4 is 35.6 Å². The van der Waals surface area contributed by atoms with Gasteiger partial charge in [-0.15, -0.1) is 0 Å². The van der Waals surface area contributed by atoms with Crippen LogP contribution in [-0.4, -0.2) is 6.29 Å². The topological polar surface area (TPSA) is 17.1 Å². The van der Waals surface area contributed by atoms with Gasteiger partial charge in [0.15, 0.2) is 0 Å². The van der Waals surface area contributed by atoms with Crippen LogP contribution < -0.4 is 0 Å². The molecular formula is C10H8Cl2O. The van der Waals surface area contributed by atoms with Gasteiger partial charge in [-0.2, -0.15) is 0 Å². The highest BCUT2D eigenvalue weighted by molar-refractivity contribution is 6.35. The van der Waals surface area contributed by atoms with Crippen LogP contribution in [0.4, 0.5) is 0 Å². The highest BCUT2D eigenvalue weighted by atomic mass is 35.5. The van der Waals surface area contributed by atoms with E-state index in [1.807, 2.05) is 6.07 Å². The molecule has 0 atom stereocenters. The molecule has 0 spiro atoms. The van der Waals surface area contributed by atoms with Crippen molar-refractivity contribution in [1.82, 2.24) is 0 Å². The van der Waals surface area contributed by atoms with E-state index in [4.69, 9.17) is 23.2 Å². The third-order valence-corrected chi connectivity index (χ3v) is 2.05. The minimum atomic E-state index is 0.402. The fourth-order valence-corrected chi connectivity index (χ4v) is 1.36. The molecule has 0 heterocycles. The lowest BCUT2D eigenvalue weighted by molar-refractivity contribution is -0.107. The van der Waals surface area contributed by atoms with Crippen LogP contribution in [0.5, 0.6) is 0 Å². The van der Waals surface area contributed by atoms with Crippen LogP contribution in [0.25, 0.3) is 6.08 Å². The Balaban J connectivity index is 2.83. The second-order valence-corrected chi connectivity index (χ2v) is 3.31. The zero-order valence-electron chi connectivity index (χ0n) is 6.84. The number of halogens is 2. The Morgan fingerprint density at radius 3 is 2.69 bits per heavy atom. The van der Waals surface area contributed by atoms with Crippen molar-refractivity contribution in [2.75, 3.05) is 0 Å². The molecule has 1 aromatic rings. The molecular weight excluding hydrogens is 207 g/mol. The number of rotatable bonds is 3. The Hall–Kier alpha value is -0.790. The van der Waals surface area contributed by atoms with Gasteiger partial charge in [0.25, 0.3) is 0 Å². The fourth-order valence-electron chi connectivity index (χ4n) is 0.887. The Bertz CT molecular complexity index is 332. The quantitative estimate of drug-likeness (QED) is 0.704. The summed E-state index contributed by atoms with van der Waals surface area (Å²) < 4.78 is 0. The van der Waals surface area contributed by atoms with Crippen molar-refractivity contribution < 1.29 is 4.79 Å². The molecule has 0 aliphatic heterocycles. The molecule has 3 heteroatoms. The lowest BCUT2D eigenvalue weighted by Crippen LogP contribution is -1.75. The van der Waals surface area contributed by atoms with E-state index in [9.17, 15) is 4.79 Å².